The number of anilines is 2. The molecule has 1 aromatic carbocycles. The largest absolute Gasteiger partial charge is 0.368 e. The number of carbonyl (C=O) groups excluding carboxylic acids is 1. The molecule has 1 aliphatic heterocycles. The third kappa shape index (κ3) is 4.32. The van der Waals surface area contributed by atoms with Crippen molar-refractivity contribution in [3.05, 3.63) is 41.0 Å². The van der Waals surface area contributed by atoms with Crippen LogP contribution in [0.5, 0.6) is 0 Å². The number of nitrogens with zero attached hydrogens (tertiary/aromatic N) is 5. The number of amides is 1. The van der Waals surface area contributed by atoms with Crippen LogP contribution in [0.3, 0.4) is 0 Å². The average Bonchev–Trinajstić information content (AvgIpc) is 2.62. The van der Waals surface area contributed by atoms with Crippen molar-refractivity contribution in [2.75, 3.05) is 42.9 Å². The number of hydrogen-bond acceptors (Lipinski definition) is 6. The molecule has 0 atom stereocenters. The highest BCUT2D eigenvalue weighted by molar-refractivity contribution is 6.30. The smallest absolute Gasteiger partial charge is 0.247 e. The van der Waals surface area contributed by atoms with E-state index in [1.54, 1.807) is 11.1 Å². The van der Waals surface area contributed by atoms with E-state index >= 15 is 0 Å². The Morgan fingerprint density at radius 1 is 1.25 bits per heavy atom. The van der Waals surface area contributed by atoms with Crippen molar-refractivity contribution in [2.45, 2.75) is 6.42 Å². The normalized spacial score (nSPS) is 14.5. The van der Waals surface area contributed by atoms with Gasteiger partial charge < -0.3 is 15.1 Å². The highest BCUT2D eigenvalue weighted by Gasteiger charge is 2.18. The number of piperazine rings is 1. The lowest BCUT2D eigenvalue weighted by atomic mass is 10.1. The topological polar surface area (TPSA) is 74.2 Å². The van der Waals surface area contributed by atoms with Crippen molar-refractivity contribution in [3.63, 3.8) is 0 Å². The van der Waals surface area contributed by atoms with E-state index in [1.165, 1.54) is 5.56 Å². The SMILES string of the molecule is O=CN1CCN(c2nncc(NCCc3cccc(Cl)c3)n2)CC1. The molecule has 1 amide bonds. The van der Waals surface area contributed by atoms with Crippen LogP contribution in [-0.4, -0.2) is 59.2 Å². The molecule has 1 fully saturated rings. The van der Waals surface area contributed by atoms with Gasteiger partial charge in [0.25, 0.3) is 0 Å². The molecule has 3 rings (SSSR count). The fraction of sp³-hybridized carbons (Fsp3) is 0.375. The summed E-state index contributed by atoms with van der Waals surface area (Å²) in [5, 5.41) is 12.1. The maximum Gasteiger partial charge on any atom is 0.247 e. The van der Waals surface area contributed by atoms with E-state index in [0.29, 0.717) is 37.9 Å². The minimum Gasteiger partial charge on any atom is -0.368 e. The third-order valence-corrected chi connectivity index (χ3v) is 4.14. The Hall–Kier alpha value is -2.41. The van der Waals surface area contributed by atoms with Gasteiger partial charge in [-0.05, 0) is 24.1 Å². The van der Waals surface area contributed by atoms with Crippen molar-refractivity contribution >= 4 is 29.8 Å². The van der Waals surface area contributed by atoms with E-state index in [2.05, 4.69) is 20.5 Å². The van der Waals surface area contributed by atoms with Gasteiger partial charge in [-0.25, -0.2) is 0 Å². The molecule has 0 saturated carbocycles. The summed E-state index contributed by atoms with van der Waals surface area (Å²) in [5.74, 6) is 1.29. The quantitative estimate of drug-likeness (QED) is 0.798. The highest BCUT2D eigenvalue weighted by atomic mass is 35.5. The highest BCUT2D eigenvalue weighted by Crippen LogP contribution is 2.13. The number of benzene rings is 1. The minimum atomic E-state index is 0.591. The Morgan fingerprint density at radius 3 is 2.83 bits per heavy atom. The molecule has 0 bridgehead atoms. The number of aromatic nitrogens is 3. The first-order valence-corrected chi connectivity index (χ1v) is 8.25. The molecule has 0 unspecified atom stereocenters. The summed E-state index contributed by atoms with van der Waals surface area (Å²) in [6, 6.07) is 7.81. The summed E-state index contributed by atoms with van der Waals surface area (Å²) in [6.07, 6.45) is 3.34. The second-order valence-electron chi connectivity index (χ2n) is 5.58. The summed E-state index contributed by atoms with van der Waals surface area (Å²) >= 11 is 5.99. The molecule has 126 valence electrons. The van der Waals surface area contributed by atoms with E-state index in [9.17, 15) is 4.79 Å². The molecule has 2 aromatic rings. The van der Waals surface area contributed by atoms with Crippen LogP contribution >= 0.6 is 11.6 Å². The Kier molecular flexibility index (Phi) is 5.43. The lowest BCUT2D eigenvalue weighted by molar-refractivity contribution is -0.118. The van der Waals surface area contributed by atoms with Gasteiger partial charge in [0.1, 0.15) is 0 Å². The molecule has 1 saturated heterocycles. The minimum absolute atomic E-state index is 0.591. The van der Waals surface area contributed by atoms with Crippen molar-refractivity contribution in [2.24, 2.45) is 0 Å². The molecule has 1 aromatic heterocycles. The van der Waals surface area contributed by atoms with Gasteiger partial charge in [0, 0.05) is 37.7 Å². The zero-order chi connectivity index (χ0) is 16.8. The molecular weight excluding hydrogens is 328 g/mol. The summed E-state index contributed by atoms with van der Waals surface area (Å²) in [6.45, 7) is 3.52. The number of hydrogen-bond donors (Lipinski definition) is 1. The van der Waals surface area contributed by atoms with Gasteiger partial charge in [-0.1, -0.05) is 23.7 Å². The second kappa shape index (κ2) is 7.92. The van der Waals surface area contributed by atoms with Crippen LogP contribution in [0.1, 0.15) is 5.56 Å². The Labute approximate surface area is 145 Å². The van der Waals surface area contributed by atoms with Gasteiger partial charge in [0.05, 0.1) is 6.20 Å². The molecule has 2 heterocycles. The van der Waals surface area contributed by atoms with Gasteiger partial charge in [-0.2, -0.15) is 10.1 Å². The summed E-state index contributed by atoms with van der Waals surface area (Å²) in [5.41, 5.74) is 1.17. The summed E-state index contributed by atoms with van der Waals surface area (Å²) < 4.78 is 0. The molecule has 0 aliphatic carbocycles. The van der Waals surface area contributed by atoms with E-state index in [1.807, 2.05) is 29.2 Å². The van der Waals surface area contributed by atoms with Gasteiger partial charge in [-0.15, -0.1) is 5.10 Å². The van der Waals surface area contributed by atoms with Gasteiger partial charge >= 0.3 is 0 Å². The fourth-order valence-corrected chi connectivity index (χ4v) is 2.78. The summed E-state index contributed by atoms with van der Waals surface area (Å²) in [4.78, 5) is 19.0. The van der Waals surface area contributed by atoms with Crippen LogP contribution in [0, 0.1) is 0 Å². The number of nitrogens with one attached hydrogen (secondary N) is 1. The fourth-order valence-electron chi connectivity index (χ4n) is 2.57. The van der Waals surface area contributed by atoms with Gasteiger partial charge in [0.2, 0.25) is 12.4 Å². The first kappa shape index (κ1) is 16.4. The predicted molar refractivity (Wildman–Crippen MR) is 93.3 cm³/mol. The standard InChI is InChI=1S/C16H19ClN6O/c17-14-3-1-2-13(10-14)4-5-18-15-11-19-21-16(20-15)23-8-6-22(12-24)7-9-23/h1-3,10-12H,4-9H2,(H,18,20,21). The molecular formula is C16H19ClN6O. The Balaban J connectivity index is 1.54. The zero-order valence-electron chi connectivity index (χ0n) is 13.2. The molecule has 24 heavy (non-hydrogen) atoms. The van der Waals surface area contributed by atoms with E-state index in [0.717, 1.165) is 24.4 Å². The monoisotopic (exact) mass is 346 g/mol. The molecule has 1 aliphatic rings. The van der Waals surface area contributed by atoms with Crippen LogP contribution in [0.25, 0.3) is 0 Å². The number of halogens is 1. The molecule has 0 radical (unpaired) electrons. The van der Waals surface area contributed by atoms with Crippen LogP contribution in [0.15, 0.2) is 30.5 Å². The maximum absolute atomic E-state index is 10.8. The van der Waals surface area contributed by atoms with Crippen molar-refractivity contribution in [1.82, 2.24) is 20.1 Å². The van der Waals surface area contributed by atoms with Crippen molar-refractivity contribution in [3.8, 4) is 0 Å². The van der Waals surface area contributed by atoms with Crippen molar-refractivity contribution < 1.29 is 4.79 Å². The van der Waals surface area contributed by atoms with Crippen LogP contribution in [0.4, 0.5) is 11.8 Å². The van der Waals surface area contributed by atoms with Gasteiger partial charge in [-0.3, -0.25) is 4.79 Å². The second-order valence-corrected chi connectivity index (χ2v) is 6.01. The third-order valence-electron chi connectivity index (χ3n) is 3.90. The molecule has 1 N–H and O–H groups in total. The van der Waals surface area contributed by atoms with Crippen LogP contribution in [0.2, 0.25) is 5.02 Å². The zero-order valence-corrected chi connectivity index (χ0v) is 14.0. The first-order chi connectivity index (χ1) is 11.7. The Bertz CT molecular complexity index is 690. The lowest BCUT2D eigenvalue weighted by Crippen LogP contribution is -2.46. The number of carbonyl (C=O) groups is 1. The first-order valence-electron chi connectivity index (χ1n) is 7.87. The molecule has 7 nitrogen and oxygen atoms in total. The van der Waals surface area contributed by atoms with Crippen LogP contribution in [-0.2, 0) is 11.2 Å². The van der Waals surface area contributed by atoms with E-state index in [4.69, 9.17) is 11.6 Å². The van der Waals surface area contributed by atoms with Gasteiger partial charge in [0.15, 0.2) is 5.82 Å². The van der Waals surface area contributed by atoms with Crippen molar-refractivity contribution in [1.29, 1.82) is 0 Å². The summed E-state index contributed by atoms with van der Waals surface area (Å²) in [7, 11) is 0. The lowest BCUT2D eigenvalue weighted by Gasteiger charge is -2.32. The predicted octanol–water partition coefficient (Wildman–Crippen LogP) is 1.46. The molecule has 8 heteroatoms. The van der Waals surface area contributed by atoms with E-state index in [-0.39, 0.29) is 0 Å². The van der Waals surface area contributed by atoms with E-state index < -0.39 is 0 Å². The van der Waals surface area contributed by atoms with Crippen LogP contribution < -0.4 is 10.2 Å². The molecule has 0 spiro atoms. The average molecular weight is 347 g/mol. The maximum atomic E-state index is 10.8. The Morgan fingerprint density at radius 2 is 2.08 bits per heavy atom. The number of rotatable bonds is 6.